The van der Waals surface area contributed by atoms with Gasteiger partial charge < -0.3 is 5.32 Å². The zero-order valence-corrected chi connectivity index (χ0v) is 9.96. The number of pyridine rings is 1. The van der Waals surface area contributed by atoms with Crippen molar-refractivity contribution in [1.29, 1.82) is 0 Å². The molecule has 5 heteroatoms. The fourth-order valence-electron chi connectivity index (χ4n) is 2.21. The number of benzene rings is 1. The van der Waals surface area contributed by atoms with Crippen molar-refractivity contribution in [3.05, 3.63) is 53.3 Å². The molecule has 0 fully saturated rings. The van der Waals surface area contributed by atoms with Gasteiger partial charge >= 0.3 is 6.18 Å². The third-order valence-electron chi connectivity index (χ3n) is 3.22. The smallest absolute Gasteiger partial charge is 0.309 e. The Morgan fingerprint density at radius 3 is 2.37 bits per heavy atom. The largest absolute Gasteiger partial charge is 0.433 e. The molecule has 1 N–H and O–H groups in total. The fourth-order valence-corrected chi connectivity index (χ4v) is 2.21. The highest BCUT2D eigenvalue weighted by Crippen LogP contribution is 2.30. The standard InChI is InChI=1S/C14H11F3N2/c15-14(16,17)13-4-3-11(8-19-13)9-1-2-10-6-18-7-12(10)5-9/h1-5,8,18H,6-7H2. The summed E-state index contributed by atoms with van der Waals surface area (Å²) in [6.45, 7) is 1.65. The molecular formula is C14H11F3N2. The summed E-state index contributed by atoms with van der Waals surface area (Å²) in [5.41, 5.74) is 3.16. The molecule has 2 aromatic rings. The zero-order valence-electron chi connectivity index (χ0n) is 9.96. The van der Waals surface area contributed by atoms with Crippen molar-refractivity contribution in [1.82, 2.24) is 10.3 Å². The van der Waals surface area contributed by atoms with Crippen LogP contribution >= 0.6 is 0 Å². The van der Waals surface area contributed by atoms with Crippen molar-refractivity contribution >= 4 is 0 Å². The summed E-state index contributed by atoms with van der Waals surface area (Å²) in [7, 11) is 0. The zero-order chi connectivity index (χ0) is 13.5. The maximum absolute atomic E-state index is 12.4. The molecule has 1 aromatic heterocycles. The number of aromatic nitrogens is 1. The van der Waals surface area contributed by atoms with Crippen molar-refractivity contribution in [2.45, 2.75) is 19.3 Å². The van der Waals surface area contributed by atoms with Crippen molar-refractivity contribution in [2.75, 3.05) is 0 Å². The van der Waals surface area contributed by atoms with Gasteiger partial charge in [-0.05, 0) is 28.8 Å². The van der Waals surface area contributed by atoms with Crippen molar-refractivity contribution < 1.29 is 13.2 Å². The first-order valence-electron chi connectivity index (χ1n) is 5.90. The van der Waals surface area contributed by atoms with Crippen molar-refractivity contribution in [2.24, 2.45) is 0 Å². The van der Waals surface area contributed by atoms with Gasteiger partial charge in [-0.2, -0.15) is 13.2 Å². The third kappa shape index (κ3) is 2.33. The van der Waals surface area contributed by atoms with E-state index in [1.807, 2.05) is 18.2 Å². The molecule has 0 saturated carbocycles. The molecule has 0 aliphatic carbocycles. The van der Waals surface area contributed by atoms with Gasteiger partial charge in [0, 0.05) is 24.8 Å². The molecule has 2 nitrogen and oxygen atoms in total. The van der Waals surface area contributed by atoms with Gasteiger partial charge in [-0.15, -0.1) is 0 Å². The molecule has 1 aromatic carbocycles. The Bertz CT molecular complexity index is 603. The van der Waals surface area contributed by atoms with Crippen LogP contribution in [0.4, 0.5) is 13.2 Å². The molecule has 1 aliphatic heterocycles. The second-order valence-corrected chi connectivity index (χ2v) is 4.52. The van der Waals surface area contributed by atoms with E-state index in [0.29, 0.717) is 5.56 Å². The Labute approximate surface area is 108 Å². The van der Waals surface area contributed by atoms with E-state index < -0.39 is 11.9 Å². The van der Waals surface area contributed by atoms with Crippen LogP contribution in [0.15, 0.2) is 36.5 Å². The van der Waals surface area contributed by atoms with Crippen LogP contribution < -0.4 is 5.32 Å². The van der Waals surface area contributed by atoms with Crippen LogP contribution in [0.1, 0.15) is 16.8 Å². The fraction of sp³-hybridized carbons (Fsp3) is 0.214. The van der Waals surface area contributed by atoms with Crippen LogP contribution in [0.25, 0.3) is 11.1 Å². The summed E-state index contributed by atoms with van der Waals surface area (Å²) in [5, 5.41) is 3.23. The lowest BCUT2D eigenvalue weighted by Gasteiger charge is -2.07. The second-order valence-electron chi connectivity index (χ2n) is 4.52. The number of alkyl halides is 3. The van der Waals surface area contributed by atoms with E-state index in [4.69, 9.17) is 0 Å². The molecule has 2 heterocycles. The van der Waals surface area contributed by atoms with Gasteiger partial charge in [0.15, 0.2) is 0 Å². The van der Waals surface area contributed by atoms with Crippen LogP contribution in [0, 0.1) is 0 Å². The molecule has 0 unspecified atom stereocenters. The van der Waals surface area contributed by atoms with Crippen LogP contribution in [0.5, 0.6) is 0 Å². The summed E-state index contributed by atoms with van der Waals surface area (Å²) in [5.74, 6) is 0. The van der Waals surface area contributed by atoms with E-state index in [-0.39, 0.29) is 0 Å². The number of halogens is 3. The first-order chi connectivity index (χ1) is 9.04. The number of fused-ring (bicyclic) bond motifs is 1. The Morgan fingerprint density at radius 1 is 0.947 bits per heavy atom. The van der Waals surface area contributed by atoms with Gasteiger partial charge in [-0.1, -0.05) is 18.2 Å². The average Bonchev–Trinajstić information content (AvgIpc) is 2.85. The van der Waals surface area contributed by atoms with E-state index in [0.717, 1.165) is 24.7 Å². The lowest BCUT2D eigenvalue weighted by Crippen LogP contribution is -2.07. The maximum Gasteiger partial charge on any atom is 0.433 e. The summed E-state index contributed by atoms with van der Waals surface area (Å²) in [4.78, 5) is 3.48. The number of nitrogens with zero attached hydrogens (tertiary/aromatic N) is 1. The molecule has 1 aliphatic rings. The lowest BCUT2D eigenvalue weighted by molar-refractivity contribution is -0.141. The average molecular weight is 264 g/mol. The van der Waals surface area contributed by atoms with E-state index in [2.05, 4.69) is 10.3 Å². The third-order valence-corrected chi connectivity index (χ3v) is 3.22. The van der Waals surface area contributed by atoms with E-state index in [9.17, 15) is 13.2 Å². The Morgan fingerprint density at radius 2 is 1.68 bits per heavy atom. The highest BCUT2D eigenvalue weighted by Gasteiger charge is 2.32. The van der Waals surface area contributed by atoms with Crippen LogP contribution in [-0.2, 0) is 19.3 Å². The molecule has 0 atom stereocenters. The van der Waals surface area contributed by atoms with Gasteiger partial charge in [0.25, 0.3) is 0 Å². The van der Waals surface area contributed by atoms with Crippen LogP contribution in [0.2, 0.25) is 0 Å². The molecule has 19 heavy (non-hydrogen) atoms. The van der Waals surface area contributed by atoms with Crippen molar-refractivity contribution in [3.63, 3.8) is 0 Å². The van der Waals surface area contributed by atoms with E-state index in [1.165, 1.54) is 23.4 Å². The van der Waals surface area contributed by atoms with Gasteiger partial charge in [-0.25, -0.2) is 0 Å². The number of nitrogens with one attached hydrogen (secondary N) is 1. The van der Waals surface area contributed by atoms with Gasteiger partial charge in [0.1, 0.15) is 5.69 Å². The summed E-state index contributed by atoms with van der Waals surface area (Å²) < 4.78 is 37.3. The molecule has 0 spiro atoms. The Hall–Kier alpha value is -1.88. The Balaban J connectivity index is 1.94. The number of hydrogen-bond donors (Lipinski definition) is 1. The number of rotatable bonds is 1. The predicted molar refractivity (Wildman–Crippen MR) is 65.2 cm³/mol. The molecule has 0 amide bonds. The SMILES string of the molecule is FC(F)(F)c1ccc(-c2ccc3c(c2)CNC3)cn1. The minimum atomic E-state index is -4.39. The molecule has 0 radical (unpaired) electrons. The second kappa shape index (κ2) is 4.35. The molecule has 0 saturated heterocycles. The van der Waals surface area contributed by atoms with Crippen LogP contribution in [0.3, 0.4) is 0 Å². The first-order valence-corrected chi connectivity index (χ1v) is 5.90. The highest BCUT2D eigenvalue weighted by molar-refractivity contribution is 5.64. The normalized spacial score (nSPS) is 14.5. The topological polar surface area (TPSA) is 24.9 Å². The van der Waals surface area contributed by atoms with Gasteiger partial charge in [-0.3, -0.25) is 4.98 Å². The Kier molecular flexibility index (Phi) is 2.78. The minimum Gasteiger partial charge on any atom is -0.309 e. The summed E-state index contributed by atoms with van der Waals surface area (Å²) >= 11 is 0. The molecule has 98 valence electrons. The first kappa shape index (κ1) is 12.2. The summed E-state index contributed by atoms with van der Waals surface area (Å²) in [6.07, 6.45) is -3.12. The van der Waals surface area contributed by atoms with Gasteiger partial charge in [0.2, 0.25) is 0 Å². The minimum absolute atomic E-state index is 0.697. The molecular weight excluding hydrogens is 253 g/mol. The highest BCUT2D eigenvalue weighted by atomic mass is 19.4. The molecule has 3 rings (SSSR count). The van der Waals surface area contributed by atoms with E-state index >= 15 is 0 Å². The maximum atomic E-state index is 12.4. The van der Waals surface area contributed by atoms with Crippen LogP contribution in [-0.4, -0.2) is 4.98 Å². The van der Waals surface area contributed by atoms with E-state index in [1.54, 1.807) is 0 Å². The molecule has 0 bridgehead atoms. The quantitative estimate of drug-likeness (QED) is 0.854. The lowest BCUT2D eigenvalue weighted by atomic mass is 10.0. The van der Waals surface area contributed by atoms with Crippen molar-refractivity contribution in [3.8, 4) is 11.1 Å². The predicted octanol–water partition coefficient (Wildman–Crippen LogP) is 3.37. The monoisotopic (exact) mass is 264 g/mol. The summed E-state index contributed by atoms with van der Waals surface area (Å²) in [6, 6.07) is 8.39. The number of hydrogen-bond acceptors (Lipinski definition) is 2. The van der Waals surface area contributed by atoms with Gasteiger partial charge in [0.05, 0.1) is 0 Å².